The largest absolute Gasteiger partial charge is 0.737 e. The Bertz CT molecular complexity index is 1850. The molecule has 9 heteroatoms. The lowest BCUT2D eigenvalue weighted by atomic mass is 9.86. The number of benzene rings is 3. The lowest BCUT2D eigenvalue weighted by Gasteiger charge is -2.32. The van der Waals surface area contributed by atoms with Crippen LogP contribution in [0.15, 0.2) is 89.6 Å². The zero-order valence-corrected chi connectivity index (χ0v) is 25.9. The fourth-order valence-corrected chi connectivity index (χ4v) is 6.95. The van der Waals surface area contributed by atoms with Crippen molar-refractivity contribution < 1.29 is 27.4 Å². The monoisotopic (exact) mass is 593 g/mol. The molecule has 2 aliphatic heterocycles. The molecule has 0 saturated heterocycles. The Morgan fingerprint density at radius 1 is 0.750 bits per heavy atom. The van der Waals surface area contributed by atoms with E-state index < -0.39 is 6.97 Å². The Morgan fingerprint density at radius 2 is 1.23 bits per heavy atom. The Labute approximate surface area is 256 Å². The molecule has 3 heterocycles. The van der Waals surface area contributed by atoms with Crippen LogP contribution in [-0.4, -0.2) is 42.2 Å². The van der Waals surface area contributed by atoms with Crippen LogP contribution in [0.5, 0.6) is 11.5 Å². The topological polar surface area (TPSA) is 46.7 Å². The van der Waals surface area contributed by atoms with Gasteiger partial charge < -0.3 is 32.0 Å². The molecule has 2 aliphatic rings. The van der Waals surface area contributed by atoms with Gasteiger partial charge in [0.2, 0.25) is 0 Å². The summed E-state index contributed by atoms with van der Waals surface area (Å²) in [6.07, 6.45) is 0.679. The first-order chi connectivity index (χ1) is 21.0. The third-order valence-corrected chi connectivity index (χ3v) is 8.97. The number of nitrogens with zero attached hydrogens (tertiary/aromatic N) is 3. The summed E-state index contributed by atoms with van der Waals surface area (Å²) in [5, 5.41) is 0. The van der Waals surface area contributed by atoms with Gasteiger partial charge in [0.15, 0.2) is 12.0 Å². The maximum atomic E-state index is 16.4. The molecule has 0 amide bonds. The molecule has 0 spiro atoms. The van der Waals surface area contributed by atoms with Gasteiger partial charge in [0.1, 0.15) is 17.2 Å². The van der Waals surface area contributed by atoms with Gasteiger partial charge in [-0.15, -0.1) is 0 Å². The molecule has 1 aromatic heterocycles. The number of rotatable bonds is 7. The van der Waals surface area contributed by atoms with E-state index in [0.717, 1.165) is 55.3 Å². The van der Waals surface area contributed by atoms with Crippen LogP contribution >= 0.6 is 0 Å². The summed E-state index contributed by atoms with van der Waals surface area (Å²) >= 11 is 0. The van der Waals surface area contributed by atoms with Gasteiger partial charge in [-0.1, -0.05) is 12.1 Å². The first-order valence-electron chi connectivity index (χ1n) is 14.5. The standard InChI is InChI=1S/C35H34BF2N3O3/c1-21-32(20-42)24(4)40-34(21)23(3)35-22(2)33(25(5)41(35)36(40,37)38)26-8-10-27(11-9-26)39(28-12-16-30(43-6)17-13-28)29-14-18-31(44-7)19-15-29/h8-20H,1-7H3. The summed E-state index contributed by atoms with van der Waals surface area (Å²) in [5.41, 5.74) is 8.56. The van der Waals surface area contributed by atoms with Crippen molar-refractivity contribution >= 4 is 41.6 Å². The minimum absolute atomic E-state index is 0.288. The number of ether oxygens (including phenoxy) is 2. The third-order valence-electron chi connectivity index (χ3n) is 8.97. The zero-order valence-electron chi connectivity index (χ0n) is 25.9. The van der Waals surface area contributed by atoms with E-state index in [2.05, 4.69) is 4.90 Å². The molecule has 224 valence electrons. The van der Waals surface area contributed by atoms with Gasteiger partial charge in [-0.3, -0.25) is 4.79 Å². The normalized spacial score (nSPS) is 15.4. The van der Waals surface area contributed by atoms with E-state index in [1.54, 1.807) is 35.0 Å². The van der Waals surface area contributed by atoms with Gasteiger partial charge >= 0.3 is 6.97 Å². The predicted octanol–water partition coefficient (Wildman–Crippen LogP) is 8.23. The molecule has 6 nitrogen and oxygen atoms in total. The number of carbonyl (C=O) groups excluding carboxylic acids is 1. The average molecular weight is 593 g/mol. The molecule has 44 heavy (non-hydrogen) atoms. The second-order valence-corrected chi connectivity index (χ2v) is 11.3. The van der Waals surface area contributed by atoms with Crippen molar-refractivity contribution in [1.82, 2.24) is 4.48 Å². The number of carbonyl (C=O) groups is 1. The first kappa shape index (κ1) is 29.2. The summed E-state index contributed by atoms with van der Waals surface area (Å²) in [5.74, 6) is 1.51. The molecule has 3 aromatic carbocycles. The summed E-state index contributed by atoms with van der Waals surface area (Å²) in [6, 6.07) is 23.6. The van der Waals surface area contributed by atoms with E-state index in [0.29, 0.717) is 34.5 Å². The van der Waals surface area contributed by atoms with E-state index in [4.69, 9.17) is 9.47 Å². The Kier molecular flexibility index (Phi) is 7.07. The summed E-state index contributed by atoms with van der Waals surface area (Å²) < 4.78 is 45.8. The van der Waals surface area contributed by atoms with Crippen LogP contribution in [0.1, 0.15) is 37.7 Å². The fourth-order valence-electron chi connectivity index (χ4n) is 6.95. The molecule has 0 radical (unpaired) electrons. The van der Waals surface area contributed by atoms with E-state index in [9.17, 15) is 4.79 Å². The smallest absolute Gasteiger partial charge is 0.497 e. The molecule has 4 aromatic rings. The molecule has 6 rings (SSSR count). The molecular formula is C35H34BF2N3O3. The van der Waals surface area contributed by atoms with Gasteiger partial charge in [-0.25, -0.2) is 0 Å². The molecule has 0 bridgehead atoms. The SMILES string of the molecule is COc1ccc(N(c2ccc(OC)cc2)c2ccc(-c3c(C)c4n(c3C)[B-](F)(F)[N+]3=C(C)C(C=O)=C(C)C3=C4C)cc2)cc1. The van der Waals surface area contributed by atoms with Crippen LogP contribution in [0, 0.1) is 13.8 Å². The highest BCUT2D eigenvalue weighted by molar-refractivity contribution is 6.58. The Hall–Kier alpha value is -4.92. The summed E-state index contributed by atoms with van der Waals surface area (Å²) in [7, 11) is 3.27. The number of halogens is 2. The minimum Gasteiger partial charge on any atom is -0.497 e. The van der Waals surface area contributed by atoms with Crippen molar-refractivity contribution in [2.24, 2.45) is 0 Å². The lowest BCUT2D eigenvalue weighted by Crippen LogP contribution is -2.51. The van der Waals surface area contributed by atoms with Crippen LogP contribution in [0.3, 0.4) is 0 Å². The van der Waals surface area contributed by atoms with Crippen molar-refractivity contribution in [1.29, 1.82) is 0 Å². The van der Waals surface area contributed by atoms with Crippen molar-refractivity contribution in [2.75, 3.05) is 19.1 Å². The van der Waals surface area contributed by atoms with Crippen molar-refractivity contribution in [2.45, 2.75) is 34.6 Å². The highest BCUT2D eigenvalue weighted by Crippen LogP contribution is 2.46. The van der Waals surface area contributed by atoms with Crippen LogP contribution in [-0.2, 0) is 4.79 Å². The molecule has 0 fully saturated rings. The number of hydrogen-bond donors (Lipinski definition) is 0. The second-order valence-electron chi connectivity index (χ2n) is 11.3. The average Bonchev–Trinajstić information content (AvgIpc) is 3.46. The number of aromatic nitrogens is 1. The first-order valence-corrected chi connectivity index (χ1v) is 14.5. The lowest BCUT2D eigenvalue weighted by molar-refractivity contribution is -0.363. The maximum Gasteiger partial charge on any atom is 0.737 e. The van der Waals surface area contributed by atoms with Crippen molar-refractivity contribution in [3.63, 3.8) is 0 Å². The predicted molar refractivity (Wildman–Crippen MR) is 173 cm³/mol. The summed E-state index contributed by atoms with van der Waals surface area (Å²) in [6.45, 7) is 4.64. The second kappa shape index (κ2) is 10.7. The fraction of sp³-hybridized carbons (Fsp3) is 0.200. The highest BCUT2D eigenvalue weighted by Gasteiger charge is 2.56. The van der Waals surface area contributed by atoms with Crippen molar-refractivity contribution in [3.8, 4) is 22.6 Å². The zero-order chi connectivity index (χ0) is 31.5. The van der Waals surface area contributed by atoms with Crippen LogP contribution in [0.25, 0.3) is 16.7 Å². The number of methoxy groups -OCH3 is 2. The van der Waals surface area contributed by atoms with Crippen molar-refractivity contribution in [3.05, 3.63) is 107 Å². The van der Waals surface area contributed by atoms with E-state index in [1.807, 2.05) is 86.6 Å². The number of aldehydes is 1. The maximum absolute atomic E-state index is 16.4. The number of fused-ring (bicyclic) bond motifs is 2. The Balaban J connectivity index is 1.47. The van der Waals surface area contributed by atoms with E-state index in [-0.39, 0.29) is 5.71 Å². The molecule has 0 saturated carbocycles. The van der Waals surface area contributed by atoms with Gasteiger partial charge in [0.05, 0.1) is 19.8 Å². The molecular weight excluding hydrogens is 559 g/mol. The van der Waals surface area contributed by atoms with Gasteiger partial charge in [0.25, 0.3) is 0 Å². The number of hydrogen-bond acceptors (Lipinski definition) is 4. The molecule has 0 atom stereocenters. The Morgan fingerprint density at radius 3 is 1.68 bits per heavy atom. The van der Waals surface area contributed by atoms with E-state index in [1.165, 1.54) is 4.48 Å². The van der Waals surface area contributed by atoms with Gasteiger partial charge in [0, 0.05) is 46.4 Å². The quantitative estimate of drug-likeness (QED) is 0.160. The molecule has 0 aliphatic carbocycles. The van der Waals surface area contributed by atoms with Crippen LogP contribution < -0.4 is 14.4 Å². The number of anilines is 3. The van der Waals surface area contributed by atoms with Crippen LogP contribution in [0.4, 0.5) is 25.7 Å². The molecule has 0 unspecified atom stereocenters. The minimum atomic E-state index is -4.22. The number of allylic oxidation sites excluding steroid dienone is 3. The van der Waals surface area contributed by atoms with Crippen LogP contribution in [0.2, 0.25) is 0 Å². The highest BCUT2D eigenvalue weighted by atomic mass is 19.2. The van der Waals surface area contributed by atoms with Gasteiger partial charge in [-0.05, 0) is 105 Å². The van der Waals surface area contributed by atoms with Gasteiger partial charge in [-0.2, -0.15) is 0 Å². The molecule has 0 N–H and O–H groups in total. The third kappa shape index (κ3) is 4.21. The summed E-state index contributed by atoms with van der Waals surface area (Å²) in [4.78, 5) is 13.9. The van der Waals surface area contributed by atoms with E-state index >= 15 is 8.63 Å².